The highest BCUT2D eigenvalue weighted by Gasteiger charge is 2.21. The van der Waals surface area contributed by atoms with Gasteiger partial charge in [0.1, 0.15) is 6.67 Å². The summed E-state index contributed by atoms with van der Waals surface area (Å²) in [5.41, 5.74) is 0.528. The van der Waals surface area contributed by atoms with Crippen molar-refractivity contribution in [1.29, 1.82) is 0 Å². The van der Waals surface area contributed by atoms with Crippen molar-refractivity contribution in [2.45, 2.75) is 51.4 Å². The van der Waals surface area contributed by atoms with Crippen LogP contribution >= 0.6 is 0 Å². The van der Waals surface area contributed by atoms with E-state index in [0.29, 0.717) is 23.8 Å². The first-order valence-electron chi connectivity index (χ1n) is 8.44. The van der Waals surface area contributed by atoms with Gasteiger partial charge in [-0.3, -0.25) is 0 Å². The van der Waals surface area contributed by atoms with Crippen LogP contribution in [0.3, 0.4) is 0 Å². The maximum atomic E-state index is 13.2. The SMILES string of the molecule is FC/C=C/CCC1CCC(CCc2cc(F)c(F)c(F)c2)CC1. The summed E-state index contributed by atoms with van der Waals surface area (Å²) in [7, 11) is 0. The van der Waals surface area contributed by atoms with Crippen LogP contribution in [0.25, 0.3) is 0 Å². The van der Waals surface area contributed by atoms with Crippen LogP contribution in [0, 0.1) is 29.3 Å². The number of halogens is 4. The number of aryl methyl sites for hydroxylation is 1. The molecule has 0 heterocycles. The van der Waals surface area contributed by atoms with Gasteiger partial charge in [-0.05, 0) is 55.2 Å². The molecular formula is C19H24F4. The van der Waals surface area contributed by atoms with Crippen molar-refractivity contribution in [2.24, 2.45) is 11.8 Å². The van der Waals surface area contributed by atoms with E-state index < -0.39 is 24.1 Å². The normalized spacial score (nSPS) is 21.9. The number of benzene rings is 1. The maximum Gasteiger partial charge on any atom is 0.194 e. The smallest absolute Gasteiger partial charge is 0.194 e. The molecule has 128 valence electrons. The molecule has 0 amide bonds. The monoisotopic (exact) mass is 328 g/mol. The fourth-order valence-electron chi connectivity index (χ4n) is 3.44. The van der Waals surface area contributed by atoms with Crippen molar-refractivity contribution < 1.29 is 17.6 Å². The van der Waals surface area contributed by atoms with Gasteiger partial charge in [0.25, 0.3) is 0 Å². The van der Waals surface area contributed by atoms with Crippen molar-refractivity contribution in [3.8, 4) is 0 Å². The van der Waals surface area contributed by atoms with Crippen molar-refractivity contribution >= 4 is 0 Å². The first kappa shape index (κ1) is 18.0. The molecule has 0 aliphatic heterocycles. The molecule has 1 aromatic carbocycles. The first-order chi connectivity index (χ1) is 11.1. The molecule has 23 heavy (non-hydrogen) atoms. The Bertz CT molecular complexity index is 493. The van der Waals surface area contributed by atoms with Gasteiger partial charge >= 0.3 is 0 Å². The van der Waals surface area contributed by atoms with Gasteiger partial charge in [0.2, 0.25) is 0 Å². The van der Waals surface area contributed by atoms with Gasteiger partial charge in [-0.1, -0.05) is 37.8 Å². The summed E-state index contributed by atoms with van der Waals surface area (Å²) in [6, 6.07) is 2.20. The lowest BCUT2D eigenvalue weighted by molar-refractivity contribution is 0.254. The number of rotatable bonds is 7. The van der Waals surface area contributed by atoms with Gasteiger partial charge in [-0.15, -0.1) is 0 Å². The lowest BCUT2D eigenvalue weighted by atomic mass is 9.78. The van der Waals surface area contributed by atoms with Gasteiger partial charge in [-0.2, -0.15) is 0 Å². The lowest BCUT2D eigenvalue weighted by Gasteiger charge is -2.28. The van der Waals surface area contributed by atoms with E-state index in [0.717, 1.165) is 44.2 Å². The van der Waals surface area contributed by atoms with E-state index in [1.165, 1.54) is 12.8 Å². The number of allylic oxidation sites excluding steroid dienone is 2. The molecule has 0 aromatic heterocycles. The molecule has 0 radical (unpaired) electrons. The van der Waals surface area contributed by atoms with Crippen molar-refractivity contribution in [2.75, 3.05) is 6.67 Å². The molecule has 0 saturated heterocycles. The molecule has 1 aromatic rings. The van der Waals surface area contributed by atoms with Crippen LogP contribution in [-0.4, -0.2) is 6.67 Å². The first-order valence-corrected chi connectivity index (χ1v) is 8.44. The third kappa shape index (κ3) is 5.67. The molecule has 1 fully saturated rings. The molecule has 4 heteroatoms. The number of hydrogen-bond acceptors (Lipinski definition) is 0. The molecule has 1 aliphatic carbocycles. The Morgan fingerprint density at radius 1 is 0.870 bits per heavy atom. The van der Waals surface area contributed by atoms with Crippen LogP contribution in [0.2, 0.25) is 0 Å². The average molecular weight is 328 g/mol. The van der Waals surface area contributed by atoms with E-state index in [9.17, 15) is 17.6 Å². The summed E-state index contributed by atoms with van der Waals surface area (Å²) < 4.78 is 51.2. The Balaban J connectivity index is 1.71. The van der Waals surface area contributed by atoms with Gasteiger partial charge < -0.3 is 0 Å². The minimum absolute atomic E-state index is 0.392. The molecule has 0 nitrogen and oxygen atoms in total. The minimum atomic E-state index is -1.39. The number of hydrogen-bond donors (Lipinski definition) is 0. The van der Waals surface area contributed by atoms with E-state index >= 15 is 0 Å². The fourth-order valence-corrected chi connectivity index (χ4v) is 3.44. The highest BCUT2D eigenvalue weighted by molar-refractivity contribution is 5.19. The molecule has 0 N–H and O–H groups in total. The molecule has 0 atom stereocenters. The van der Waals surface area contributed by atoms with Crippen molar-refractivity contribution in [3.63, 3.8) is 0 Å². The van der Waals surface area contributed by atoms with Crippen LogP contribution in [0.1, 0.15) is 50.5 Å². The van der Waals surface area contributed by atoms with E-state index in [1.54, 1.807) is 6.08 Å². The maximum absolute atomic E-state index is 13.2. The Morgan fingerprint density at radius 2 is 1.43 bits per heavy atom. The summed E-state index contributed by atoms with van der Waals surface area (Å²) in [6.07, 6.45) is 11.6. The van der Waals surface area contributed by atoms with Gasteiger partial charge in [-0.25, -0.2) is 17.6 Å². The molecule has 0 unspecified atom stereocenters. The second-order valence-electron chi connectivity index (χ2n) is 6.50. The molecular weight excluding hydrogens is 304 g/mol. The van der Waals surface area contributed by atoms with E-state index in [4.69, 9.17) is 0 Å². The lowest BCUT2D eigenvalue weighted by Crippen LogP contribution is -2.15. The molecule has 0 spiro atoms. The molecule has 1 saturated carbocycles. The van der Waals surface area contributed by atoms with E-state index in [1.807, 2.05) is 6.08 Å². The second kappa shape index (κ2) is 9.09. The van der Waals surface area contributed by atoms with Crippen molar-refractivity contribution in [3.05, 3.63) is 47.3 Å². The predicted molar refractivity (Wildman–Crippen MR) is 84.4 cm³/mol. The average Bonchev–Trinajstić information content (AvgIpc) is 2.55. The number of alkyl halides is 1. The quantitative estimate of drug-likeness (QED) is 0.320. The van der Waals surface area contributed by atoms with Crippen LogP contribution in [-0.2, 0) is 6.42 Å². The van der Waals surface area contributed by atoms with Crippen LogP contribution < -0.4 is 0 Å². The Labute approximate surface area is 135 Å². The third-order valence-corrected chi connectivity index (χ3v) is 4.85. The van der Waals surface area contributed by atoms with Crippen LogP contribution in [0.5, 0.6) is 0 Å². The summed E-state index contributed by atoms with van der Waals surface area (Å²) in [6.45, 7) is -0.392. The molecule has 0 bridgehead atoms. The van der Waals surface area contributed by atoms with Gasteiger partial charge in [0.15, 0.2) is 17.5 Å². The zero-order valence-electron chi connectivity index (χ0n) is 13.3. The van der Waals surface area contributed by atoms with Crippen LogP contribution in [0.4, 0.5) is 17.6 Å². The summed E-state index contributed by atoms with van der Waals surface area (Å²) >= 11 is 0. The Morgan fingerprint density at radius 3 is 2.00 bits per heavy atom. The summed E-state index contributed by atoms with van der Waals surface area (Å²) in [5.74, 6) is -2.33. The zero-order chi connectivity index (χ0) is 16.7. The summed E-state index contributed by atoms with van der Waals surface area (Å²) in [4.78, 5) is 0. The standard InChI is InChI=1S/C19H24F4/c20-11-3-1-2-4-14-5-7-15(8-6-14)9-10-16-12-17(21)19(23)18(22)13-16/h1,3,12-15H,2,4-11H2/b3-1+. The van der Waals surface area contributed by atoms with E-state index in [-0.39, 0.29) is 0 Å². The van der Waals surface area contributed by atoms with E-state index in [2.05, 4.69) is 0 Å². The highest BCUT2D eigenvalue weighted by Crippen LogP contribution is 2.34. The van der Waals surface area contributed by atoms with Gasteiger partial charge in [0, 0.05) is 0 Å². The Kier molecular flexibility index (Phi) is 7.13. The summed E-state index contributed by atoms with van der Waals surface area (Å²) in [5, 5.41) is 0. The zero-order valence-corrected chi connectivity index (χ0v) is 13.3. The third-order valence-electron chi connectivity index (χ3n) is 4.85. The molecule has 1 aliphatic rings. The molecule has 2 rings (SSSR count). The highest BCUT2D eigenvalue weighted by atomic mass is 19.2. The predicted octanol–water partition coefficient (Wildman–Crippen LogP) is 6.15. The minimum Gasteiger partial charge on any atom is -0.247 e. The van der Waals surface area contributed by atoms with Crippen molar-refractivity contribution in [1.82, 2.24) is 0 Å². The van der Waals surface area contributed by atoms with Gasteiger partial charge in [0.05, 0.1) is 0 Å². The second-order valence-corrected chi connectivity index (χ2v) is 6.50. The Hall–Kier alpha value is -1.32. The topological polar surface area (TPSA) is 0 Å². The van der Waals surface area contributed by atoms with Crippen LogP contribution in [0.15, 0.2) is 24.3 Å². The largest absolute Gasteiger partial charge is 0.247 e. The fraction of sp³-hybridized carbons (Fsp3) is 0.579.